The van der Waals surface area contributed by atoms with Gasteiger partial charge in [-0.1, -0.05) is 56.9 Å². The van der Waals surface area contributed by atoms with Crippen molar-refractivity contribution < 1.29 is 18.7 Å². The van der Waals surface area contributed by atoms with Crippen LogP contribution in [0.15, 0.2) is 76.1 Å². The molecule has 5 heteroatoms. The fraction of sp³-hybridized carbons (Fsp3) is 0.280. The number of hydrogen-bond acceptors (Lipinski definition) is 5. The molecular weight excluding hydrogens is 380 g/mol. The Kier molecular flexibility index (Phi) is 7.84. The predicted octanol–water partition coefficient (Wildman–Crippen LogP) is 5.88. The van der Waals surface area contributed by atoms with Gasteiger partial charge in [-0.15, -0.1) is 0 Å². The first-order chi connectivity index (χ1) is 14.7. The first kappa shape index (κ1) is 21.4. The molecule has 0 bridgehead atoms. The molecule has 2 aromatic carbocycles. The molecule has 0 atom stereocenters. The Hall–Kier alpha value is -3.34. The van der Waals surface area contributed by atoms with E-state index in [0.717, 1.165) is 36.2 Å². The largest absolute Gasteiger partial charge is 0.494 e. The number of hydrogen-bond donors (Lipinski definition) is 0. The summed E-state index contributed by atoms with van der Waals surface area (Å²) < 4.78 is 15.8. The summed E-state index contributed by atoms with van der Waals surface area (Å²) in [5.74, 6) is 0.704. The number of benzene rings is 2. The van der Waals surface area contributed by atoms with Gasteiger partial charge in [-0.05, 0) is 47.9 Å². The van der Waals surface area contributed by atoms with Gasteiger partial charge in [-0.2, -0.15) is 0 Å². The number of esters is 1. The van der Waals surface area contributed by atoms with E-state index in [1.807, 2.05) is 36.4 Å². The highest BCUT2D eigenvalue weighted by Gasteiger charge is 2.10. The van der Waals surface area contributed by atoms with Crippen molar-refractivity contribution in [3.8, 4) is 22.6 Å². The molecule has 1 aromatic heterocycles. The Morgan fingerprint density at radius 1 is 0.800 bits per heavy atom. The van der Waals surface area contributed by atoms with Crippen LogP contribution < -0.4 is 15.1 Å². The molecule has 0 saturated carbocycles. The first-order valence-corrected chi connectivity index (χ1v) is 10.3. The minimum atomic E-state index is -0.581. The molecule has 0 radical (unpaired) electrons. The summed E-state index contributed by atoms with van der Waals surface area (Å²) in [5.41, 5.74) is 1.72. The van der Waals surface area contributed by atoms with Crippen LogP contribution in [0.1, 0.15) is 49.4 Å². The lowest BCUT2D eigenvalue weighted by Crippen LogP contribution is -2.09. The van der Waals surface area contributed by atoms with Crippen molar-refractivity contribution >= 4 is 5.97 Å². The minimum Gasteiger partial charge on any atom is -0.494 e. The number of rotatable bonds is 10. The third-order valence-electron chi connectivity index (χ3n) is 4.71. The van der Waals surface area contributed by atoms with Crippen molar-refractivity contribution in [3.05, 3.63) is 82.9 Å². The molecule has 0 N–H and O–H groups in total. The molecule has 0 saturated heterocycles. The van der Waals surface area contributed by atoms with Gasteiger partial charge in [0, 0.05) is 6.07 Å². The van der Waals surface area contributed by atoms with Crippen molar-refractivity contribution in [1.29, 1.82) is 0 Å². The smallest absolute Gasteiger partial charge is 0.346 e. The van der Waals surface area contributed by atoms with E-state index < -0.39 is 11.6 Å². The number of unbranched alkanes of at least 4 members (excludes halogenated alkanes) is 4. The van der Waals surface area contributed by atoms with Gasteiger partial charge < -0.3 is 13.9 Å². The van der Waals surface area contributed by atoms with E-state index in [2.05, 4.69) is 11.3 Å². The van der Waals surface area contributed by atoms with E-state index in [4.69, 9.17) is 9.47 Å². The molecule has 3 rings (SSSR count). The second-order valence-electron chi connectivity index (χ2n) is 7.04. The lowest BCUT2D eigenvalue weighted by atomic mass is 10.1. The Morgan fingerprint density at radius 3 is 2.03 bits per heavy atom. The molecule has 0 spiro atoms. The zero-order chi connectivity index (χ0) is 21.2. The van der Waals surface area contributed by atoms with E-state index in [1.165, 1.54) is 37.8 Å². The zero-order valence-corrected chi connectivity index (χ0v) is 17.1. The topological polar surface area (TPSA) is 65.7 Å². The lowest BCUT2D eigenvalue weighted by molar-refractivity contribution is 0.0732. The first-order valence-electron chi connectivity index (χ1n) is 10.3. The SMILES string of the molecule is CCCCCCCOc1ccc(-c2ccc(OC(=O)c3ccc(=O)oc3)cc2)cc1. The maximum atomic E-state index is 12.1. The molecule has 0 aliphatic rings. The second kappa shape index (κ2) is 11.0. The van der Waals surface area contributed by atoms with Crippen LogP contribution in [0.3, 0.4) is 0 Å². The van der Waals surface area contributed by atoms with Gasteiger partial charge in [0.2, 0.25) is 0 Å². The van der Waals surface area contributed by atoms with Crippen molar-refractivity contribution in [1.82, 2.24) is 0 Å². The molecule has 0 aliphatic heterocycles. The fourth-order valence-corrected chi connectivity index (χ4v) is 2.99. The molecule has 0 amide bonds. The average Bonchev–Trinajstić information content (AvgIpc) is 2.77. The van der Waals surface area contributed by atoms with Gasteiger partial charge in [0.25, 0.3) is 0 Å². The van der Waals surface area contributed by atoms with Crippen LogP contribution in [0.2, 0.25) is 0 Å². The van der Waals surface area contributed by atoms with Crippen LogP contribution in [0.5, 0.6) is 11.5 Å². The van der Waals surface area contributed by atoms with Gasteiger partial charge >= 0.3 is 11.6 Å². The molecule has 5 nitrogen and oxygen atoms in total. The van der Waals surface area contributed by atoms with Crippen LogP contribution in [-0.2, 0) is 0 Å². The molecule has 1 heterocycles. The minimum absolute atomic E-state index is 0.180. The Morgan fingerprint density at radius 2 is 1.43 bits per heavy atom. The monoisotopic (exact) mass is 406 g/mol. The highest BCUT2D eigenvalue weighted by molar-refractivity contribution is 5.90. The number of carbonyl (C=O) groups is 1. The maximum Gasteiger partial charge on any atom is 0.346 e. The molecule has 30 heavy (non-hydrogen) atoms. The van der Waals surface area contributed by atoms with E-state index in [-0.39, 0.29) is 5.56 Å². The van der Waals surface area contributed by atoms with E-state index in [1.54, 1.807) is 12.1 Å². The fourth-order valence-electron chi connectivity index (χ4n) is 2.99. The normalized spacial score (nSPS) is 10.6. The molecule has 0 unspecified atom stereocenters. The zero-order valence-electron chi connectivity index (χ0n) is 17.1. The van der Waals surface area contributed by atoms with Crippen LogP contribution >= 0.6 is 0 Å². The van der Waals surface area contributed by atoms with E-state index >= 15 is 0 Å². The molecular formula is C25H26O5. The molecule has 0 aliphatic carbocycles. The van der Waals surface area contributed by atoms with Crippen LogP contribution in [-0.4, -0.2) is 12.6 Å². The molecule has 156 valence electrons. The van der Waals surface area contributed by atoms with E-state index in [9.17, 15) is 9.59 Å². The van der Waals surface area contributed by atoms with Crippen molar-refractivity contribution in [2.45, 2.75) is 39.0 Å². The highest BCUT2D eigenvalue weighted by Crippen LogP contribution is 2.25. The third-order valence-corrected chi connectivity index (χ3v) is 4.71. The third kappa shape index (κ3) is 6.34. The molecule has 3 aromatic rings. The van der Waals surface area contributed by atoms with Gasteiger partial charge in [0.15, 0.2) is 0 Å². The van der Waals surface area contributed by atoms with Crippen LogP contribution in [0, 0.1) is 0 Å². The van der Waals surface area contributed by atoms with Gasteiger partial charge in [-0.25, -0.2) is 9.59 Å². The quantitative estimate of drug-likeness (QED) is 0.239. The van der Waals surface area contributed by atoms with Crippen molar-refractivity contribution in [2.75, 3.05) is 6.61 Å². The summed E-state index contributed by atoms with van der Waals surface area (Å²) in [6.07, 6.45) is 7.19. The summed E-state index contributed by atoms with van der Waals surface area (Å²) in [6.45, 7) is 2.96. The highest BCUT2D eigenvalue weighted by atomic mass is 16.5. The predicted molar refractivity (Wildman–Crippen MR) is 116 cm³/mol. The van der Waals surface area contributed by atoms with Crippen LogP contribution in [0.4, 0.5) is 0 Å². The summed E-state index contributed by atoms with van der Waals surface area (Å²) in [5, 5.41) is 0. The number of ether oxygens (including phenoxy) is 2. The standard InChI is InChI=1S/C25H26O5/c1-2-3-4-5-6-17-28-22-12-7-19(8-13-22)20-9-14-23(15-10-20)30-25(27)21-11-16-24(26)29-18-21/h7-16,18H,2-6,17H2,1H3. The average molecular weight is 406 g/mol. The van der Waals surface area contributed by atoms with Crippen molar-refractivity contribution in [3.63, 3.8) is 0 Å². The Labute approximate surface area is 176 Å². The van der Waals surface area contributed by atoms with Gasteiger partial charge in [0.1, 0.15) is 17.8 Å². The second-order valence-corrected chi connectivity index (χ2v) is 7.04. The Bertz CT molecular complexity index is 967. The molecule has 0 fully saturated rings. The van der Waals surface area contributed by atoms with E-state index in [0.29, 0.717) is 5.75 Å². The van der Waals surface area contributed by atoms with Gasteiger partial charge in [-0.3, -0.25) is 0 Å². The van der Waals surface area contributed by atoms with Crippen molar-refractivity contribution in [2.24, 2.45) is 0 Å². The summed E-state index contributed by atoms with van der Waals surface area (Å²) in [4.78, 5) is 23.0. The maximum absolute atomic E-state index is 12.1. The number of carbonyl (C=O) groups excluding carboxylic acids is 1. The summed E-state index contributed by atoms with van der Waals surface area (Å²) in [6, 6.07) is 17.8. The van der Waals surface area contributed by atoms with Gasteiger partial charge in [0.05, 0.1) is 12.2 Å². The summed E-state index contributed by atoms with van der Waals surface area (Å²) in [7, 11) is 0. The summed E-state index contributed by atoms with van der Waals surface area (Å²) >= 11 is 0. The Balaban J connectivity index is 1.52. The van der Waals surface area contributed by atoms with Crippen LogP contribution in [0.25, 0.3) is 11.1 Å². The lowest BCUT2D eigenvalue weighted by Gasteiger charge is -2.08.